The van der Waals surface area contributed by atoms with Gasteiger partial charge in [0.1, 0.15) is 11.5 Å². The normalized spacial score (nSPS) is 10.8. The quantitative estimate of drug-likeness (QED) is 0.498. The van der Waals surface area contributed by atoms with Crippen LogP contribution < -0.4 is 14.8 Å². The van der Waals surface area contributed by atoms with Gasteiger partial charge in [-0.3, -0.25) is 9.48 Å². The van der Waals surface area contributed by atoms with Crippen molar-refractivity contribution in [1.29, 1.82) is 0 Å². The summed E-state index contributed by atoms with van der Waals surface area (Å²) in [4.78, 5) is 17.7. The number of nitrogens with one attached hydrogen (secondary N) is 1. The van der Waals surface area contributed by atoms with E-state index in [2.05, 4.69) is 10.4 Å². The number of fused-ring (bicyclic) bond motifs is 1. The number of methoxy groups -OCH3 is 2. The zero-order chi connectivity index (χ0) is 21.8. The molecule has 7 heteroatoms. The van der Waals surface area contributed by atoms with Crippen LogP contribution in [0.4, 0.5) is 0 Å². The van der Waals surface area contributed by atoms with Crippen molar-refractivity contribution in [2.75, 3.05) is 20.8 Å². The van der Waals surface area contributed by atoms with Crippen LogP contribution in [0.1, 0.15) is 15.9 Å². The molecule has 158 valence electrons. The molecule has 7 nitrogen and oxygen atoms in total. The molecular weight excluding hydrogens is 392 g/mol. The number of hydrogen-bond acceptors (Lipinski definition) is 5. The van der Waals surface area contributed by atoms with E-state index in [0.717, 1.165) is 34.4 Å². The second-order valence-electron chi connectivity index (χ2n) is 7.14. The number of rotatable bonds is 7. The molecule has 0 radical (unpaired) electrons. The Morgan fingerprint density at radius 1 is 1.00 bits per heavy atom. The van der Waals surface area contributed by atoms with E-state index in [9.17, 15) is 4.79 Å². The molecule has 0 bridgehead atoms. The predicted molar refractivity (Wildman–Crippen MR) is 120 cm³/mol. The lowest BCUT2D eigenvalue weighted by Crippen LogP contribution is -2.26. The largest absolute Gasteiger partial charge is 0.497 e. The van der Waals surface area contributed by atoms with E-state index in [4.69, 9.17) is 14.5 Å². The Bertz CT molecular complexity index is 1200. The standard InChI is InChI=1S/C24H24N4O3/c1-28-23-21(15-26-28)20(14-22(27-23)17-6-10-19(31-3)11-7-17)24(29)25-13-12-16-4-8-18(30-2)9-5-16/h4-11,14-15H,12-13H2,1-3H3,(H,25,29). The van der Waals surface area contributed by atoms with E-state index in [1.54, 1.807) is 25.1 Å². The fourth-order valence-corrected chi connectivity index (χ4v) is 3.42. The molecule has 2 heterocycles. The average Bonchev–Trinajstić information content (AvgIpc) is 3.19. The Morgan fingerprint density at radius 3 is 2.29 bits per heavy atom. The summed E-state index contributed by atoms with van der Waals surface area (Å²) in [6.45, 7) is 0.521. The maximum absolute atomic E-state index is 13.0. The van der Waals surface area contributed by atoms with Crippen LogP contribution in [0.3, 0.4) is 0 Å². The van der Waals surface area contributed by atoms with Gasteiger partial charge in [-0.1, -0.05) is 12.1 Å². The molecule has 0 aliphatic rings. The lowest BCUT2D eigenvalue weighted by molar-refractivity contribution is 0.0955. The number of aromatic nitrogens is 3. The maximum atomic E-state index is 13.0. The van der Waals surface area contributed by atoms with Crippen molar-refractivity contribution < 1.29 is 14.3 Å². The smallest absolute Gasteiger partial charge is 0.252 e. The molecule has 1 amide bonds. The van der Waals surface area contributed by atoms with Crippen molar-refractivity contribution in [3.05, 3.63) is 71.9 Å². The number of pyridine rings is 1. The van der Waals surface area contributed by atoms with Crippen molar-refractivity contribution in [2.24, 2.45) is 7.05 Å². The van der Waals surface area contributed by atoms with Crippen molar-refractivity contribution in [3.63, 3.8) is 0 Å². The highest BCUT2D eigenvalue weighted by atomic mass is 16.5. The fourth-order valence-electron chi connectivity index (χ4n) is 3.42. The zero-order valence-electron chi connectivity index (χ0n) is 17.8. The molecule has 0 saturated heterocycles. The summed E-state index contributed by atoms with van der Waals surface area (Å²) >= 11 is 0. The highest BCUT2D eigenvalue weighted by Gasteiger charge is 2.16. The molecule has 2 aromatic heterocycles. The van der Waals surface area contributed by atoms with Crippen LogP contribution in [0.5, 0.6) is 11.5 Å². The van der Waals surface area contributed by atoms with Gasteiger partial charge in [0.2, 0.25) is 0 Å². The number of aryl methyl sites for hydroxylation is 1. The van der Waals surface area contributed by atoms with Crippen LogP contribution in [-0.2, 0) is 13.5 Å². The van der Waals surface area contributed by atoms with Crippen molar-refractivity contribution >= 4 is 16.9 Å². The summed E-state index contributed by atoms with van der Waals surface area (Å²) in [6, 6.07) is 17.2. The molecule has 0 aliphatic heterocycles. The molecule has 4 aromatic rings. The van der Waals surface area contributed by atoms with E-state index >= 15 is 0 Å². The first-order valence-electron chi connectivity index (χ1n) is 9.97. The summed E-state index contributed by atoms with van der Waals surface area (Å²) in [7, 11) is 5.09. The topological polar surface area (TPSA) is 78.3 Å². The third kappa shape index (κ3) is 4.35. The molecule has 0 aliphatic carbocycles. The molecule has 31 heavy (non-hydrogen) atoms. The second kappa shape index (κ2) is 8.87. The summed E-state index contributed by atoms with van der Waals surface area (Å²) in [5.41, 5.74) is 3.95. The Hall–Kier alpha value is -3.87. The number of nitrogens with zero attached hydrogens (tertiary/aromatic N) is 3. The van der Waals surface area contributed by atoms with Gasteiger partial charge in [-0.25, -0.2) is 4.98 Å². The summed E-state index contributed by atoms with van der Waals surface area (Å²) in [5.74, 6) is 1.43. The summed E-state index contributed by atoms with van der Waals surface area (Å²) < 4.78 is 12.1. The van der Waals surface area contributed by atoms with E-state index in [-0.39, 0.29) is 5.91 Å². The van der Waals surface area contributed by atoms with Crippen LogP contribution in [0, 0.1) is 0 Å². The monoisotopic (exact) mass is 416 g/mol. The molecular formula is C24H24N4O3. The van der Waals surface area contributed by atoms with Gasteiger partial charge < -0.3 is 14.8 Å². The first kappa shape index (κ1) is 20.4. The van der Waals surface area contributed by atoms with Crippen LogP contribution in [0.25, 0.3) is 22.3 Å². The van der Waals surface area contributed by atoms with Gasteiger partial charge in [-0.05, 0) is 54.4 Å². The third-order valence-corrected chi connectivity index (χ3v) is 5.19. The Morgan fingerprint density at radius 2 is 1.65 bits per heavy atom. The van der Waals surface area contributed by atoms with Gasteiger partial charge in [0, 0.05) is 19.2 Å². The molecule has 0 unspecified atom stereocenters. The first-order chi connectivity index (χ1) is 15.1. The summed E-state index contributed by atoms with van der Waals surface area (Å²) in [6.07, 6.45) is 2.40. The molecule has 0 atom stereocenters. The Balaban J connectivity index is 1.56. The second-order valence-corrected chi connectivity index (χ2v) is 7.14. The lowest BCUT2D eigenvalue weighted by atomic mass is 10.1. The van der Waals surface area contributed by atoms with Gasteiger partial charge in [0.15, 0.2) is 5.65 Å². The number of hydrogen-bond donors (Lipinski definition) is 1. The maximum Gasteiger partial charge on any atom is 0.252 e. The van der Waals surface area contributed by atoms with Crippen LogP contribution in [0.2, 0.25) is 0 Å². The molecule has 0 spiro atoms. The van der Waals surface area contributed by atoms with Gasteiger partial charge in [0.25, 0.3) is 5.91 Å². The van der Waals surface area contributed by atoms with Crippen molar-refractivity contribution in [3.8, 4) is 22.8 Å². The predicted octanol–water partition coefficient (Wildman–Crippen LogP) is 3.63. The number of benzene rings is 2. The SMILES string of the molecule is COc1ccc(CCNC(=O)c2cc(-c3ccc(OC)cc3)nc3c2cnn3C)cc1. The lowest BCUT2D eigenvalue weighted by Gasteiger charge is -2.10. The Labute approximate surface area is 180 Å². The van der Waals surface area contributed by atoms with E-state index in [1.807, 2.05) is 61.6 Å². The van der Waals surface area contributed by atoms with Gasteiger partial charge in [0.05, 0.1) is 37.1 Å². The third-order valence-electron chi connectivity index (χ3n) is 5.19. The van der Waals surface area contributed by atoms with Crippen LogP contribution in [-0.4, -0.2) is 41.4 Å². The number of carbonyl (C=O) groups excluding carboxylic acids is 1. The molecule has 0 fully saturated rings. The van der Waals surface area contributed by atoms with Crippen LogP contribution >= 0.6 is 0 Å². The summed E-state index contributed by atoms with van der Waals surface area (Å²) in [5, 5.41) is 8.03. The van der Waals surface area contributed by atoms with Crippen LogP contribution in [0.15, 0.2) is 60.8 Å². The van der Waals surface area contributed by atoms with E-state index < -0.39 is 0 Å². The highest BCUT2D eigenvalue weighted by Crippen LogP contribution is 2.26. The van der Waals surface area contributed by atoms with Gasteiger partial charge in [-0.2, -0.15) is 5.10 Å². The van der Waals surface area contributed by atoms with Crippen molar-refractivity contribution in [1.82, 2.24) is 20.1 Å². The first-order valence-corrected chi connectivity index (χ1v) is 9.97. The van der Waals surface area contributed by atoms with Gasteiger partial charge in [-0.15, -0.1) is 0 Å². The molecule has 2 aromatic carbocycles. The highest BCUT2D eigenvalue weighted by molar-refractivity contribution is 6.06. The average molecular weight is 416 g/mol. The fraction of sp³-hybridized carbons (Fsp3) is 0.208. The van der Waals surface area contributed by atoms with E-state index in [1.165, 1.54) is 0 Å². The number of carbonyl (C=O) groups is 1. The number of ether oxygens (including phenoxy) is 2. The Kier molecular flexibility index (Phi) is 5.84. The zero-order valence-corrected chi connectivity index (χ0v) is 17.8. The number of amides is 1. The van der Waals surface area contributed by atoms with E-state index in [0.29, 0.717) is 23.4 Å². The minimum Gasteiger partial charge on any atom is -0.497 e. The minimum absolute atomic E-state index is 0.149. The molecule has 4 rings (SSSR count). The van der Waals surface area contributed by atoms with Gasteiger partial charge >= 0.3 is 0 Å². The minimum atomic E-state index is -0.149. The molecule has 1 N–H and O–H groups in total. The van der Waals surface area contributed by atoms with Crippen molar-refractivity contribution in [2.45, 2.75) is 6.42 Å². The molecule has 0 saturated carbocycles.